The van der Waals surface area contributed by atoms with Crippen LogP contribution in [-0.4, -0.2) is 35.5 Å². The zero-order valence-electron chi connectivity index (χ0n) is 13.4. The van der Waals surface area contributed by atoms with Crippen molar-refractivity contribution in [1.82, 2.24) is 15.3 Å². The molecule has 24 heavy (non-hydrogen) atoms. The molecule has 0 aliphatic carbocycles. The molecule has 3 rings (SSSR count). The quantitative estimate of drug-likeness (QED) is 0.853. The standard InChI is InChI=1S/C18H19N5O/c1-2-9-20-18(24)13(12-19)16-17(23-10-5-6-11-23)22-15-8-4-3-7-14(15)21-16/h2-4,7-8,13H,1,5-6,9-11H2,(H,20,24)/t13-/m1/s1. The fourth-order valence-corrected chi connectivity index (χ4v) is 2.88. The molecule has 0 spiro atoms. The van der Waals surface area contributed by atoms with Crippen molar-refractivity contribution in [2.24, 2.45) is 0 Å². The Morgan fingerprint density at radius 2 is 2.00 bits per heavy atom. The maximum atomic E-state index is 12.4. The summed E-state index contributed by atoms with van der Waals surface area (Å²) in [6.07, 6.45) is 3.74. The van der Waals surface area contributed by atoms with Crippen LogP contribution in [0.1, 0.15) is 24.5 Å². The molecule has 0 unspecified atom stereocenters. The second-order valence-corrected chi connectivity index (χ2v) is 5.71. The average molecular weight is 321 g/mol. The van der Waals surface area contributed by atoms with E-state index in [0.717, 1.165) is 31.4 Å². The highest BCUT2D eigenvalue weighted by Gasteiger charge is 2.29. The van der Waals surface area contributed by atoms with Gasteiger partial charge in [-0.1, -0.05) is 18.2 Å². The molecule has 2 heterocycles. The van der Waals surface area contributed by atoms with Crippen LogP contribution in [0.25, 0.3) is 11.0 Å². The number of benzene rings is 1. The van der Waals surface area contributed by atoms with Crippen LogP contribution in [0.15, 0.2) is 36.9 Å². The molecule has 0 bridgehead atoms. The third kappa shape index (κ3) is 3.06. The lowest BCUT2D eigenvalue weighted by Crippen LogP contribution is -2.31. The van der Waals surface area contributed by atoms with Gasteiger partial charge in [0.1, 0.15) is 5.69 Å². The van der Waals surface area contributed by atoms with Crippen molar-refractivity contribution in [3.05, 3.63) is 42.6 Å². The van der Waals surface area contributed by atoms with Gasteiger partial charge in [0.05, 0.1) is 17.1 Å². The average Bonchev–Trinajstić information content (AvgIpc) is 3.14. The van der Waals surface area contributed by atoms with E-state index in [2.05, 4.69) is 27.8 Å². The molecule has 0 radical (unpaired) electrons. The molecule has 2 aromatic rings. The summed E-state index contributed by atoms with van der Waals surface area (Å²) in [7, 11) is 0. The Bertz CT molecular complexity index is 805. The van der Waals surface area contributed by atoms with E-state index in [9.17, 15) is 10.1 Å². The lowest BCUT2D eigenvalue weighted by molar-refractivity contribution is -0.121. The lowest BCUT2D eigenvalue weighted by atomic mass is 10.0. The molecule has 122 valence electrons. The first-order valence-electron chi connectivity index (χ1n) is 8.04. The third-order valence-corrected chi connectivity index (χ3v) is 4.07. The van der Waals surface area contributed by atoms with Gasteiger partial charge in [0.25, 0.3) is 0 Å². The van der Waals surface area contributed by atoms with Crippen LogP contribution in [0.3, 0.4) is 0 Å². The molecule has 1 fully saturated rings. The summed E-state index contributed by atoms with van der Waals surface area (Å²) in [5.41, 5.74) is 1.89. The van der Waals surface area contributed by atoms with E-state index >= 15 is 0 Å². The number of nitrogens with one attached hydrogen (secondary N) is 1. The maximum absolute atomic E-state index is 12.4. The monoisotopic (exact) mass is 321 g/mol. The van der Waals surface area contributed by atoms with Gasteiger partial charge in [0.2, 0.25) is 5.91 Å². The first-order valence-corrected chi connectivity index (χ1v) is 8.04. The number of hydrogen-bond donors (Lipinski definition) is 1. The number of hydrogen-bond acceptors (Lipinski definition) is 5. The van der Waals surface area contributed by atoms with E-state index in [-0.39, 0.29) is 5.91 Å². The molecule has 1 N–H and O–H groups in total. The number of fused-ring (bicyclic) bond motifs is 1. The van der Waals surface area contributed by atoms with Crippen LogP contribution >= 0.6 is 0 Å². The molecule has 1 aliphatic rings. The fraction of sp³-hybridized carbons (Fsp3) is 0.333. The van der Waals surface area contributed by atoms with Crippen molar-refractivity contribution in [2.75, 3.05) is 24.5 Å². The van der Waals surface area contributed by atoms with Crippen LogP contribution in [0.4, 0.5) is 5.82 Å². The molecule has 1 atom stereocenters. The molecule has 6 nitrogen and oxygen atoms in total. The summed E-state index contributed by atoms with van der Waals surface area (Å²) in [4.78, 5) is 23.8. The number of nitriles is 1. The number of nitrogens with zero attached hydrogens (tertiary/aromatic N) is 4. The van der Waals surface area contributed by atoms with Crippen molar-refractivity contribution < 1.29 is 4.79 Å². The molecule has 0 saturated carbocycles. The third-order valence-electron chi connectivity index (χ3n) is 4.07. The predicted molar refractivity (Wildman–Crippen MR) is 92.5 cm³/mol. The Morgan fingerprint density at radius 1 is 1.33 bits per heavy atom. The van der Waals surface area contributed by atoms with E-state index in [1.54, 1.807) is 6.08 Å². The Kier molecular flexibility index (Phi) is 4.71. The minimum atomic E-state index is -0.988. The van der Waals surface area contributed by atoms with E-state index in [4.69, 9.17) is 4.98 Å². The highest BCUT2D eigenvalue weighted by Crippen LogP contribution is 2.29. The number of carbonyl (C=O) groups is 1. The summed E-state index contributed by atoms with van der Waals surface area (Å²) in [5.74, 6) is -0.716. The molecule has 1 aromatic carbocycles. The molecule has 1 saturated heterocycles. The van der Waals surface area contributed by atoms with E-state index in [1.165, 1.54) is 0 Å². The Morgan fingerprint density at radius 3 is 2.62 bits per heavy atom. The van der Waals surface area contributed by atoms with Crippen molar-refractivity contribution in [3.8, 4) is 6.07 Å². The summed E-state index contributed by atoms with van der Waals surface area (Å²) < 4.78 is 0. The number of carbonyl (C=O) groups excluding carboxylic acids is 1. The van der Waals surface area contributed by atoms with Crippen molar-refractivity contribution in [2.45, 2.75) is 18.8 Å². The number of para-hydroxylation sites is 2. The SMILES string of the molecule is C=CCNC(=O)[C@H](C#N)c1nc2ccccc2nc1N1CCCC1. The van der Waals surface area contributed by atoms with Crippen LogP contribution in [0.5, 0.6) is 0 Å². The molecule has 1 aliphatic heterocycles. The van der Waals surface area contributed by atoms with Gasteiger partial charge in [0.15, 0.2) is 11.7 Å². The number of amides is 1. The van der Waals surface area contributed by atoms with Crippen LogP contribution in [0.2, 0.25) is 0 Å². The predicted octanol–water partition coefficient (Wildman–Crippen LogP) is 2.14. The summed E-state index contributed by atoms with van der Waals surface area (Å²) in [6, 6.07) is 9.59. The minimum Gasteiger partial charge on any atom is -0.355 e. The zero-order chi connectivity index (χ0) is 16.9. The Hall–Kier alpha value is -2.94. The second-order valence-electron chi connectivity index (χ2n) is 5.71. The summed E-state index contributed by atoms with van der Waals surface area (Å²) in [6.45, 7) is 5.63. The molecular weight excluding hydrogens is 302 g/mol. The second kappa shape index (κ2) is 7.09. The molecular formula is C18H19N5O. The van der Waals surface area contributed by atoms with Gasteiger partial charge in [-0.2, -0.15) is 5.26 Å². The Balaban J connectivity index is 2.09. The van der Waals surface area contributed by atoms with E-state index < -0.39 is 5.92 Å². The molecule has 6 heteroatoms. The fourth-order valence-electron chi connectivity index (χ4n) is 2.88. The van der Waals surface area contributed by atoms with E-state index in [1.807, 2.05) is 24.3 Å². The van der Waals surface area contributed by atoms with Gasteiger partial charge in [-0.15, -0.1) is 6.58 Å². The van der Waals surface area contributed by atoms with Crippen molar-refractivity contribution in [1.29, 1.82) is 5.26 Å². The van der Waals surface area contributed by atoms with Gasteiger partial charge < -0.3 is 10.2 Å². The zero-order valence-corrected chi connectivity index (χ0v) is 13.4. The largest absolute Gasteiger partial charge is 0.355 e. The topological polar surface area (TPSA) is 81.9 Å². The number of aromatic nitrogens is 2. The van der Waals surface area contributed by atoms with Crippen LogP contribution < -0.4 is 10.2 Å². The van der Waals surface area contributed by atoms with Gasteiger partial charge in [-0.05, 0) is 25.0 Å². The summed E-state index contributed by atoms with van der Waals surface area (Å²) >= 11 is 0. The number of rotatable bonds is 5. The molecule has 1 amide bonds. The normalized spacial score (nSPS) is 15.0. The number of anilines is 1. The molecule has 1 aromatic heterocycles. The van der Waals surface area contributed by atoms with Crippen LogP contribution in [0, 0.1) is 11.3 Å². The van der Waals surface area contributed by atoms with Crippen molar-refractivity contribution >= 4 is 22.8 Å². The minimum absolute atomic E-state index is 0.317. The van der Waals surface area contributed by atoms with Crippen molar-refractivity contribution in [3.63, 3.8) is 0 Å². The van der Waals surface area contributed by atoms with E-state index in [0.29, 0.717) is 23.6 Å². The van der Waals surface area contributed by atoms with Gasteiger partial charge in [-0.25, -0.2) is 9.97 Å². The van der Waals surface area contributed by atoms with Crippen LogP contribution in [-0.2, 0) is 4.79 Å². The smallest absolute Gasteiger partial charge is 0.243 e. The Labute approximate surface area is 140 Å². The van der Waals surface area contributed by atoms with Gasteiger partial charge >= 0.3 is 0 Å². The maximum Gasteiger partial charge on any atom is 0.243 e. The van der Waals surface area contributed by atoms with Gasteiger partial charge in [0, 0.05) is 19.6 Å². The first kappa shape index (κ1) is 15.9. The highest BCUT2D eigenvalue weighted by atomic mass is 16.1. The highest BCUT2D eigenvalue weighted by molar-refractivity contribution is 5.89. The summed E-state index contributed by atoms with van der Waals surface area (Å²) in [5, 5.41) is 12.2. The lowest BCUT2D eigenvalue weighted by Gasteiger charge is -2.21. The first-order chi connectivity index (χ1) is 11.7. The van der Waals surface area contributed by atoms with Gasteiger partial charge in [-0.3, -0.25) is 4.79 Å².